The van der Waals surface area contributed by atoms with E-state index in [9.17, 15) is 9.90 Å². The van der Waals surface area contributed by atoms with Crippen LogP contribution < -0.4 is 4.90 Å². The Morgan fingerprint density at radius 1 is 1.15 bits per heavy atom. The van der Waals surface area contributed by atoms with Gasteiger partial charge in [0.1, 0.15) is 5.54 Å². The molecule has 1 saturated heterocycles. The van der Waals surface area contributed by atoms with E-state index < -0.39 is 11.5 Å². The highest BCUT2D eigenvalue weighted by molar-refractivity contribution is 5.77. The zero-order valence-corrected chi connectivity index (χ0v) is 12.8. The van der Waals surface area contributed by atoms with Crippen LogP contribution in [0.25, 0.3) is 0 Å². The standard InChI is InChI=1S/C16H24N2O2/c1-12-6-5-7-14(13(12)2)17-8-10-18(11-9-17)16(3,4)15(19)20/h5-7H,8-11H2,1-4H3,(H,19,20). The molecule has 1 fully saturated rings. The maximum atomic E-state index is 11.3. The molecule has 1 heterocycles. The Balaban J connectivity index is 2.08. The van der Waals surface area contributed by atoms with Crippen molar-refractivity contribution in [3.63, 3.8) is 0 Å². The van der Waals surface area contributed by atoms with E-state index in [2.05, 4.69) is 41.8 Å². The molecule has 1 aromatic carbocycles. The largest absolute Gasteiger partial charge is 0.480 e. The van der Waals surface area contributed by atoms with E-state index >= 15 is 0 Å². The monoisotopic (exact) mass is 276 g/mol. The second-order valence-corrected chi connectivity index (χ2v) is 6.06. The van der Waals surface area contributed by atoms with Gasteiger partial charge in [0.25, 0.3) is 0 Å². The van der Waals surface area contributed by atoms with Gasteiger partial charge in [-0.2, -0.15) is 0 Å². The number of aryl methyl sites for hydroxylation is 1. The first-order valence-electron chi connectivity index (χ1n) is 7.13. The number of rotatable bonds is 3. The fourth-order valence-corrected chi connectivity index (χ4v) is 2.72. The van der Waals surface area contributed by atoms with Crippen molar-refractivity contribution in [2.75, 3.05) is 31.1 Å². The molecule has 0 unspecified atom stereocenters. The van der Waals surface area contributed by atoms with Crippen LogP contribution in [0.5, 0.6) is 0 Å². The Morgan fingerprint density at radius 2 is 1.75 bits per heavy atom. The number of hydrogen-bond acceptors (Lipinski definition) is 3. The van der Waals surface area contributed by atoms with Crippen LogP contribution in [0, 0.1) is 13.8 Å². The van der Waals surface area contributed by atoms with Gasteiger partial charge in [0.15, 0.2) is 0 Å². The van der Waals surface area contributed by atoms with Crippen LogP contribution in [-0.2, 0) is 4.79 Å². The molecule has 0 aliphatic carbocycles. The summed E-state index contributed by atoms with van der Waals surface area (Å²) < 4.78 is 0. The number of carboxylic acids is 1. The minimum atomic E-state index is -0.784. The fourth-order valence-electron chi connectivity index (χ4n) is 2.72. The van der Waals surface area contributed by atoms with Crippen molar-refractivity contribution in [3.05, 3.63) is 29.3 Å². The summed E-state index contributed by atoms with van der Waals surface area (Å²) >= 11 is 0. The van der Waals surface area contributed by atoms with Gasteiger partial charge in [-0.1, -0.05) is 12.1 Å². The summed E-state index contributed by atoms with van der Waals surface area (Å²) in [6, 6.07) is 6.37. The van der Waals surface area contributed by atoms with Gasteiger partial charge in [0, 0.05) is 31.9 Å². The maximum absolute atomic E-state index is 11.3. The van der Waals surface area contributed by atoms with Crippen LogP contribution in [0.1, 0.15) is 25.0 Å². The van der Waals surface area contributed by atoms with Crippen molar-refractivity contribution in [2.45, 2.75) is 33.2 Å². The van der Waals surface area contributed by atoms with Crippen molar-refractivity contribution in [1.82, 2.24) is 4.90 Å². The third kappa shape index (κ3) is 2.66. The molecule has 20 heavy (non-hydrogen) atoms. The number of carbonyl (C=O) groups is 1. The van der Waals surface area contributed by atoms with Gasteiger partial charge in [-0.15, -0.1) is 0 Å². The minimum absolute atomic E-state index is 0.752. The molecule has 0 spiro atoms. The van der Waals surface area contributed by atoms with E-state index in [4.69, 9.17) is 0 Å². The molecule has 1 aliphatic heterocycles. The minimum Gasteiger partial charge on any atom is -0.480 e. The smallest absolute Gasteiger partial charge is 0.323 e. The number of hydrogen-bond donors (Lipinski definition) is 1. The third-order valence-electron chi connectivity index (χ3n) is 4.51. The summed E-state index contributed by atoms with van der Waals surface area (Å²) in [5.41, 5.74) is 3.11. The van der Waals surface area contributed by atoms with Crippen molar-refractivity contribution < 1.29 is 9.90 Å². The summed E-state index contributed by atoms with van der Waals surface area (Å²) in [7, 11) is 0. The van der Waals surface area contributed by atoms with Crippen LogP contribution in [0.15, 0.2) is 18.2 Å². The Labute approximate surface area is 121 Å². The average molecular weight is 276 g/mol. The number of carboxylic acid groups (broad SMARTS) is 1. The number of anilines is 1. The normalized spacial score (nSPS) is 17.3. The van der Waals surface area contributed by atoms with Gasteiger partial charge < -0.3 is 10.0 Å². The fraction of sp³-hybridized carbons (Fsp3) is 0.562. The summed E-state index contributed by atoms with van der Waals surface area (Å²) in [6.07, 6.45) is 0. The third-order valence-corrected chi connectivity index (χ3v) is 4.51. The molecule has 2 rings (SSSR count). The van der Waals surface area contributed by atoms with Crippen LogP contribution in [0.3, 0.4) is 0 Å². The SMILES string of the molecule is Cc1cccc(N2CCN(C(C)(C)C(=O)O)CC2)c1C. The molecule has 0 saturated carbocycles. The summed E-state index contributed by atoms with van der Waals surface area (Å²) in [5.74, 6) is -0.752. The lowest BCUT2D eigenvalue weighted by Crippen LogP contribution is -2.58. The Morgan fingerprint density at radius 3 is 2.30 bits per heavy atom. The molecule has 1 N–H and O–H groups in total. The van der Waals surface area contributed by atoms with Gasteiger partial charge in [0.05, 0.1) is 0 Å². The molecule has 110 valence electrons. The number of aliphatic carboxylic acids is 1. The molecular weight excluding hydrogens is 252 g/mol. The number of piperazine rings is 1. The van der Waals surface area contributed by atoms with E-state index in [0.717, 1.165) is 26.2 Å². The Hall–Kier alpha value is -1.55. The molecule has 0 aromatic heterocycles. The molecule has 0 atom stereocenters. The molecule has 0 radical (unpaired) electrons. The lowest BCUT2D eigenvalue weighted by Gasteiger charge is -2.42. The topological polar surface area (TPSA) is 43.8 Å². The average Bonchev–Trinajstić information content (AvgIpc) is 2.42. The van der Waals surface area contributed by atoms with Crippen molar-refractivity contribution >= 4 is 11.7 Å². The Bertz CT molecular complexity index is 503. The zero-order chi connectivity index (χ0) is 14.9. The van der Waals surface area contributed by atoms with Gasteiger partial charge in [-0.25, -0.2) is 0 Å². The van der Waals surface area contributed by atoms with Gasteiger partial charge in [-0.3, -0.25) is 9.69 Å². The second kappa shape index (κ2) is 5.44. The van der Waals surface area contributed by atoms with Crippen LogP contribution in [0.2, 0.25) is 0 Å². The van der Waals surface area contributed by atoms with Crippen LogP contribution in [-0.4, -0.2) is 47.7 Å². The second-order valence-electron chi connectivity index (χ2n) is 6.06. The first-order valence-corrected chi connectivity index (χ1v) is 7.13. The van der Waals surface area contributed by atoms with Crippen molar-refractivity contribution in [1.29, 1.82) is 0 Å². The molecule has 1 aliphatic rings. The maximum Gasteiger partial charge on any atom is 0.323 e. The quantitative estimate of drug-likeness (QED) is 0.920. The molecule has 1 aromatic rings. The Kier molecular flexibility index (Phi) is 4.04. The number of benzene rings is 1. The van der Waals surface area contributed by atoms with Crippen molar-refractivity contribution in [2.24, 2.45) is 0 Å². The molecule has 4 heteroatoms. The van der Waals surface area contributed by atoms with E-state index in [1.165, 1.54) is 16.8 Å². The van der Waals surface area contributed by atoms with Crippen LogP contribution in [0.4, 0.5) is 5.69 Å². The highest BCUT2D eigenvalue weighted by Crippen LogP contribution is 2.25. The van der Waals surface area contributed by atoms with E-state index in [1.54, 1.807) is 13.8 Å². The summed E-state index contributed by atoms with van der Waals surface area (Å²) in [5, 5.41) is 9.30. The highest BCUT2D eigenvalue weighted by atomic mass is 16.4. The zero-order valence-electron chi connectivity index (χ0n) is 12.8. The van der Waals surface area contributed by atoms with Gasteiger partial charge in [0.2, 0.25) is 0 Å². The van der Waals surface area contributed by atoms with Gasteiger partial charge in [-0.05, 0) is 44.9 Å². The van der Waals surface area contributed by atoms with Crippen LogP contribution >= 0.6 is 0 Å². The number of nitrogens with zero attached hydrogens (tertiary/aromatic N) is 2. The highest BCUT2D eigenvalue weighted by Gasteiger charge is 2.36. The lowest BCUT2D eigenvalue weighted by atomic mass is 10.0. The molecular formula is C16H24N2O2. The summed E-state index contributed by atoms with van der Waals surface area (Å²) in [4.78, 5) is 15.7. The predicted octanol–water partition coefficient (Wildman–Crippen LogP) is 2.29. The molecule has 0 amide bonds. The van der Waals surface area contributed by atoms with E-state index in [-0.39, 0.29) is 0 Å². The first-order chi connectivity index (χ1) is 9.34. The summed E-state index contributed by atoms with van der Waals surface area (Å²) in [6.45, 7) is 11.2. The van der Waals surface area contributed by atoms with E-state index in [1.807, 2.05) is 0 Å². The predicted molar refractivity (Wildman–Crippen MR) is 81.4 cm³/mol. The first kappa shape index (κ1) is 14.9. The lowest BCUT2D eigenvalue weighted by molar-refractivity contribution is -0.149. The molecule has 0 bridgehead atoms. The van der Waals surface area contributed by atoms with Crippen molar-refractivity contribution in [3.8, 4) is 0 Å². The van der Waals surface area contributed by atoms with E-state index in [0.29, 0.717) is 0 Å². The van der Waals surface area contributed by atoms with Gasteiger partial charge >= 0.3 is 5.97 Å². The molecule has 4 nitrogen and oxygen atoms in total.